The molecule has 1 aromatic rings. The van der Waals surface area contributed by atoms with Crippen molar-refractivity contribution in [2.24, 2.45) is 0 Å². The summed E-state index contributed by atoms with van der Waals surface area (Å²) in [4.78, 5) is 14.1. The first kappa shape index (κ1) is 13.1. The molecule has 2 aliphatic heterocycles. The van der Waals surface area contributed by atoms with Gasteiger partial charge in [-0.15, -0.1) is 0 Å². The number of carbonyl (C=O) groups excluding carboxylic acids is 1. The molecule has 0 unspecified atom stereocenters. The molecule has 0 radical (unpaired) electrons. The number of benzene rings is 1. The highest BCUT2D eigenvalue weighted by Crippen LogP contribution is 2.55. The van der Waals surface area contributed by atoms with Crippen LogP contribution in [0.3, 0.4) is 0 Å². The van der Waals surface area contributed by atoms with Crippen molar-refractivity contribution < 1.29 is 19.7 Å². The number of ether oxygens (including phenoxy) is 1. The Labute approximate surface area is 117 Å². The van der Waals surface area contributed by atoms with Crippen LogP contribution in [-0.2, 0) is 4.74 Å². The Bertz CT molecular complexity index is 539. The van der Waals surface area contributed by atoms with E-state index in [-0.39, 0.29) is 29.7 Å². The van der Waals surface area contributed by atoms with Gasteiger partial charge in [-0.05, 0) is 56.9 Å². The lowest BCUT2D eigenvalue weighted by Gasteiger charge is -2.27. The van der Waals surface area contributed by atoms with Crippen molar-refractivity contribution in [1.29, 1.82) is 0 Å². The number of carbonyl (C=O) groups is 1. The molecule has 0 aliphatic carbocycles. The van der Waals surface area contributed by atoms with Gasteiger partial charge in [0.05, 0.1) is 12.1 Å². The third-order valence-electron chi connectivity index (χ3n) is 3.89. The Morgan fingerprint density at radius 3 is 2.00 bits per heavy atom. The minimum Gasteiger partial charge on any atom is -0.504 e. The number of phenolic OH excluding ortho intramolecular Hbond substituents is 2. The van der Waals surface area contributed by atoms with Crippen molar-refractivity contribution in [2.45, 2.75) is 51.3 Å². The van der Waals surface area contributed by atoms with Gasteiger partial charge in [-0.25, -0.2) is 4.79 Å². The zero-order valence-electron chi connectivity index (χ0n) is 11.9. The van der Waals surface area contributed by atoms with Crippen molar-refractivity contribution in [3.05, 3.63) is 23.3 Å². The van der Waals surface area contributed by atoms with E-state index < -0.39 is 5.60 Å². The average Bonchev–Trinajstić information content (AvgIpc) is 2.84. The summed E-state index contributed by atoms with van der Waals surface area (Å²) in [6.07, 6.45) is 1.39. The van der Waals surface area contributed by atoms with Gasteiger partial charge in [0.15, 0.2) is 11.5 Å². The summed E-state index contributed by atoms with van der Waals surface area (Å²) in [5.74, 6) is -0.277. The van der Waals surface area contributed by atoms with Crippen LogP contribution in [0.1, 0.15) is 56.8 Å². The number of phenols is 2. The number of fused-ring (bicyclic) bond motifs is 5. The second kappa shape index (κ2) is 4.04. The van der Waals surface area contributed by atoms with E-state index in [0.29, 0.717) is 0 Å². The van der Waals surface area contributed by atoms with Gasteiger partial charge < -0.3 is 14.9 Å². The zero-order chi connectivity index (χ0) is 14.7. The number of nitrogens with zero attached hydrogens (tertiary/aromatic N) is 1. The van der Waals surface area contributed by atoms with E-state index in [1.165, 1.54) is 0 Å². The van der Waals surface area contributed by atoms with Gasteiger partial charge in [-0.2, -0.15) is 0 Å². The second-order valence-electron chi connectivity index (χ2n) is 6.47. The predicted octanol–water partition coefficient (Wildman–Crippen LogP) is 3.22. The van der Waals surface area contributed by atoms with Crippen LogP contribution in [0.5, 0.6) is 11.5 Å². The Hall–Kier alpha value is -1.91. The van der Waals surface area contributed by atoms with E-state index in [0.717, 1.165) is 24.0 Å². The summed E-state index contributed by atoms with van der Waals surface area (Å²) in [7, 11) is 0. The molecule has 2 aliphatic rings. The molecule has 0 saturated carbocycles. The Balaban J connectivity index is 1.94. The Morgan fingerprint density at radius 1 is 1.15 bits per heavy atom. The molecule has 1 fully saturated rings. The predicted molar refractivity (Wildman–Crippen MR) is 72.6 cm³/mol. The van der Waals surface area contributed by atoms with Crippen LogP contribution in [0.4, 0.5) is 4.79 Å². The first-order chi connectivity index (χ1) is 9.28. The fraction of sp³-hybridized carbons (Fsp3) is 0.533. The van der Waals surface area contributed by atoms with Crippen LogP contribution >= 0.6 is 0 Å². The van der Waals surface area contributed by atoms with E-state index >= 15 is 0 Å². The van der Waals surface area contributed by atoms with Gasteiger partial charge in [0.1, 0.15) is 5.60 Å². The van der Waals surface area contributed by atoms with Gasteiger partial charge >= 0.3 is 6.09 Å². The van der Waals surface area contributed by atoms with Crippen LogP contribution in [0.2, 0.25) is 0 Å². The standard InChI is InChI=1S/C15H19NO4/c1-15(2,3)20-14(19)16-10-4-5-11(16)9-7-13(18)12(17)6-8(9)10/h6-7,10-11,17-18H,4-5H2,1-3H3/t10-,11+. The summed E-state index contributed by atoms with van der Waals surface area (Å²) >= 11 is 0. The van der Waals surface area contributed by atoms with E-state index in [4.69, 9.17) is 4.74 Å². The minimum absolute atomic E-state index is 0.0589. The molecule has 20 heavy (non-hydrogen) atoms. The van der Waals surface area contributed by atoms with Crippen LogP contribution in [-0.4, -0.2) is 26.8 Å². The zero-order valence-corrected chi connectivity index (χ0v) is 11.9. The quantitative estimate of drug-likeness (QED) is 0.714. The van der Waals surface area contributed by atoms with Gasteiger partial charge in [-0.1, -0.05) is 0 Å². The maximum Gasteiger partial charge on any atom is 0.411 e. The van der Waals surface area contributed by atoms with Crippen molar-refractivity contribution in [3.8, 4) is 11.5 Å². The number of hydrogen-bond donors (Lipinski definition) is 2. The molecule has 5 nitrogen and oxygen atoms in total. The molecule has 1 amide bonds. The largest absolute Gasteiger partial charge is 0.504 e. The smallest absolute Gasteiger partial charge is 0.411 e. The lowest BCUT2D eigenvalue weighted by molar-refractivity contribution is 0.0177. The highest BCUT2D eigenvalue weighted by atomic mass is 16.6. The molecular formula is C15H19NO4. The summed E-state index contributed by atoms with van der Waals surface area (Å²) < 4.78 is 5.46. The van der Waals surface area contributed by atoms with Crippen molar-refractivity contribution in [3.63, 3.8) is 0 Å². The minimum atomic E-state index is -0.532. The molecule has 5 heteroatoms. The first-order valence-electron chi connectivity index (χ1n) is 6.85. The molecule has 2 N–H and O–H groups in total. The lowest BCUT2D eigenvalue weighted by Crippen LogP contribution is -2.34. The van der Waals surface area contributed by atoms with Crippen LogP contribution in [0.25, 0.3) is 0 Å². The van der Waals surface area contributed by atoms with Crippen molar-refractivity contribution in [2.75, 3.05) is 0 Å². The van der Waals surface area contributed by atoms with Crippen LogP contribution < -0.4 is 0 Å². The van der Waals surface area contributed by atoms with Crippen molar-refractivity contribution >= 4 is 6.09 Å². The van der Waals surface area contributed by atoms with Crippen LogP contribution in [0.15, 0.2) is 12.1 Å². The molecule has 0 aromatic heterocycles. The highest BCUT2D eigenvalue weighted by Gasteiger charge is 2.48. The SMILES string of the molecule is CC(C)(C)OC(=O)N1[C@@H]2CC[C@H]1c1cc(O)c(O)cc12. The third-order valence-corrected chi connectivity index (χ3v) is 3.89. The lowest BCUT2D eigenvalue weighted by atomic mass is 9.91. The third kappa shape index (κ3) is 1.88. The number of amides is 1. The van der Waals surface area contributed by atoms with Gasteiger partial charge in [0, 0.05) is 0 Å². The fourth-order valence-corrected chi connectivity index (χ4v) is 3.18. The van der Waals surface area contributed by atoms with Crippen LogP contribution in [0, 0.1) is 0 Å². The van der Waals surface area contributed by atoms with E-state index in [2.05, 4.69) is 0 Å². The van der Waals surface area contributed by atoms with Crippen molar-refractivity contribution in [1.82, 2.24) is 4.90 Å². The fourth-order valence-electron chi connectivity index (χ4n) is 3.18. The Morgan fingerprint density at radius 2 is 1.60 bits per heavy atom. The molecule has 1 saturated heterocycles. The monoisotopic (exact) mass is 277 g/mol. The van der Waals surface area contributed by atoms with E-state index in [9.17, 15) is 15.0 Å². The van der Waals surface area contributed by atoms with Gasteiger partial charge in [-0.3, -0.25) is 4.90 Å². The van der Waals surface area contributed by atoms with E-state index in [1.54, 1.807) is 17.0 Å². The summed E-state index contributed by atoms with van der Waals surface area (Å²) in [6.45, 7) is 5.52. The summed E-state index contributed by atoms with van der Waals surface area (Å²) in [5, 5.41) is 19.3. The maximum absolute atomic E-state index is 12.3. The average molecular weight is 277 g/mol. The van der Waals surface area contributed by atoms with Gasteiger partial charge in [0.25, 0.3) is 0 Å². The molecule has 2 bridgehead atoms. The number of rotatable bonds is 0. The van der Waals surface area contributed by atoms with E-state index in [1.807, 2.05) is 20.8 Å². The molecule has 0 spiro atoms. The number of hydrogen-bond acceptors (Lipinski definition) is 4. The Kier molecular flexibility index (Phi) is 2.64. The molecule has 3 rings (SSSR count). The highest BCUT2D eigenvalue weighted by molar-refractivity contribution is 5.72. The van der Waals surface area contributed by atoms with Gasteiger partial charge in [0.2, 0.25) is 0 Å². The summed E-state index contributed by atoms with van der Waals surface area (Å²) in [5.41, 5.74) is 1.31. The maximum atomic E-state index is 12.3. The molecule has 2 heterocycles. The molecular weight excluding hydrogens is 258 g/mol. The normalized spacial score (nSPS) is 23.9. The molecule has 108 valence electrons. The first-order valence-corrected chi connectivity index (χ1v) is 6.85. The molecule has 2 atom stereocenters. The second-order valence-corrected chi connectivity index (χ2v) is 6.47. The summed E-state index contributed by atoms with van der Waals surface area (Å²) in [6, 6.07) is 3.00. The topological polar surface area (TPSA) is 70.0 Å². The number of aromatic hydroxyl groups is 2. The molecule has 1 aromatic carbocycles.